The molecule has 2 heterocycles. The molecule has 0 bridgehead atoms. The van der Waals surface area contributed by atoms with Crippen molar-refractivity contribution in [1.82, 2.24) is 0 Å². The molecule has 592 valence electrons. The maximum Gasteiger partial charge on any atom is 0.169 e. The normalized spacial score (nSPS) is 15.8. The van der Waals surface area contributed by atoms with Crippen molar-refractivity contribution in [2.24, 2.45) is 0 Å². The number of hydrogen-bond donors (Lipinski definition) is 0. The lowest BCUT2D eigenvalue weighted by Crippen LogP contribution is -2.40. The molecule has 0 N–H and O–H groups in total. The van der Waals surface area contributed by atoms with Crippen LogP contribution in [0.2, 0.25) is 0 Å². The molecule has 15 aromatic carbocycles. The van der Waals surface area contributed by atoms with E-state index in [2.05, 4.69) is 170 Å². The molecule has 0 saturated carbocycles. The van der Waals surface area contributed by atoms with Crippen LogP contribution in [0.1, 0.15) is 107 Å². The minimum atomic E-state index is -0.972. The largest absolute Gasteiger partial charge is 0.485 e. The summed E-state index contributed by atoms with van der Waals surface area (Å²) in [4.78, 5) is 0.971. The molecule has 2 aliphatic rings. The minimum absolute atomic E-state index is 0.144. The Morgan fingerprint density at radius 3 is 0.908 bits per heavy atom. The highest BCUT2D eigenvalue weighted by Gasteiger charge is 2.51. The second kappa shape index (κ2) is 39.0. The van der Waals surface area contributed by atoms with E-state index in [0.717, 1.165) is 71.7 Å². The molecule has 17 rings (SSSR count). The fraction of sp³-hybridized carbons (Fsp3) is 0.151. The summed E-state index contributed by atoms with van der Waals surface area (Å²) in [6, 6.07) is 131. The van der Waals surface area contributed by atoms with Crippen molar-refractivity contribution < 1.29 is 56.8 Å². The number of thioether (sulfide) groups is 1. The first-order chi connectivity index (χ1) is 59.0. The van der Waals surface area contributed by atoms with Crippen LogP contribution in [0.15, 0.2) is 393 Å². The molecule has 0 aliphatic carbocycles. The maximum atomic E-state index is 8.44. The summed E-state index contributed by atoms with van der Waals surface area (Å²) in [7, 11) is 0. The van der Waals surface area contributed by atoms with Gasteiger partial charge in [-0.1, -0.05) is 334 Å². The van der Waals surface area contributed by atoms with Gasteiger partial charge >= 0.3 is 0 Å². The molecule has 0 fully saturated rings. The average molecular weight is 1590 g/mol. The van der Waals surface area contributed by atoms with Gasteiger partial charge in [0.05, 0.1) is 35.5 Å². The molecular weight excluding hydrogens is 1500 g/mol. The summed E-state index contributed by atoms with van der Waals surface area (Å²) in [6.45, 7) is 2.14. The Morgan fingerprint density at radius 2 is 0.529 bits per heavy atom. The minimum Gasteiger partial charge on any atom is -0.485 e. The van der Waals surface area contributed by atoms with E-state index in [0.29, 0.717) is 87.4 Å². The summed E-state index contributed by atoms with van der Waals surface area (Å²) >= 11 is 1.68. The molecule has 119 heavy (non-hydrogen) atoms. The van der Waals surface area contributed by atoms with E-state index in [1.807, 2.05) is 218 Å². The third-order valence-electron chi connectivity index (χ3n) is 21.1. The van der Waals surface area contributed by atoms with Gasteiger partial charge in [-0.3, -0.25) is 0 Å². The summed E-state index contributed by atoms with van der Waals surface area (Å²) in [5.74, 6) is 4.07. The first-order valence-electron chi connectivity index (χ1n) is 40.4. The predicted octanol–water partition coefficient (Wildman–Crippen LogP) is 24.7. The van der Waals surface area contributed by atoms with Crippen molar-refractivity contribution in [3.05, 3.63) is 472 Å². The van der Waals surface area contributed by atoms with Gasteiger partial charge in [-0.15, -0.1) is 11.8 Å². The molecule has 13 heteroatoms. The van der Waals surface area contributed by atoms with Crippen molar-refractivity contribution in [1.29, 1.82) is 0 Å². The smallest absolute Gasteiger partial charge is 0.169 e. The monoisotopic (exact) mass is 1590 g/mol. The topological polar surface area (TPSA) is 111 Å². The Kier molecular flexibility index (Phi) is 25.6. The zero-order valence-electron chi connectivity index (χ0n) is 65.8. The molecule has 0 radical (unpaired) electrons. The van der Waals surface area contributed by atoms with Crippen molar-refractivity contribution in [2.75, 3.05) is 0 Å². The van der Waals surface area contributed by atoms with Gasteiger partial charge in [-0.2, -0.15) is 0 Å². The van der Waals surface area contributed by atoms with Crippen LogP contribution in [0.3, 0.4) is 0 Å². The summed E-state index contributed by atoms with van der Waals surface area (Å²) in [5, 5.41) is -0.664. The Bertz CT molecular complexity index is 5690. The number of ether oxygens (including phenoxy) is 12. The van der Waals surface area contributed by atoms with E-state index < -0.39 is 35.6 Å². The molecule has 0 saturated heterocycles. The van der Waals surface area contributed by atoms with Crippen LogP contribution in [0, 0.1) is 0 Å². The lowest BCUT2D eigenvalue weighted by Gasteiger charge is -2.45. The van der Waals surface area contributed by atoms with Gasteiger partial charge in [0.25, 0.3) is 0 Å². The van der Waals surface area contributed by atoms with Crippen molar-refractivity contribution in [3.8, 4) is 57.5 Å². The lowest BCUT2D eigenvalue weighted by atomic mass is 9.77. The van der Waals surface area contributed by atoms with E-state index in [9.17, 15) is 0 Å². The van der Waals surface area contributed by atoms with Crippen LogP contribution >= 0.6 is 11.8 Å². The van der Waals surface area contributed by atoms with Crippen molar-refractivity contribution in [3.63, 3.8) is 0 Å². The Morgan fingerprint density at radius 1 is 0.235 bits per heavy atom. The molecule has 0 unspecified atom stereocenters. The first-order valence-corrected chi connectivity index (χ1v) is 41.2. The molecular formula is C106H90O12S. The van der Waals surface area contributed by atoms with Crippen LogP contribution < -0.4 is 47.4 Å². The van der Waals surface area contributed by atoms with Crippen LogP contribution in [0.25, 0.3) is 0 Å². The lowest BCUT2D eigenvalue weighted by molar-refractivity contribution is -0.0611. The van der Waals surface area contributed by atoms with E-state index in [-0.39, 0.29) is 52.9 Å². The van der Waals surface area contributed by atoms with Gasteiger partial charge in [-0.25, -0.2) is 0 Å². The van der Waals surface area contributed by atoms with Crippen LogP contribution in [-0.4, -0.2) is 12.2 Å². The number of rotatable bonds is 35. The van der Waals surface area contributed by atoms with E-state index in [4.69, 9.17) is 56.8 Å². The number of hydrogen-bond acceptors (Lipinski definition) is 13. The molecule has 0 spiro atoms. The maximum absolute atomic E-state index is 8.44. The van der Waals surface area contributed by atoms with Crippen LogP contribution in [-0.2, 0) is 75.5 Å². The van der Waals surface area contributed by atoms with Gasteiger partial charge in [0.2, 0.25) is 0 Å². The summed E-state index contributed by atoms with van der Waals surface area (Å²) < 4.78 is 89.6. The van der Waals surface area contributed by atoms with Gasteiger partial charge in [0.1, 0.15) is 76.6 Å². The molecule has 0 aromatic heterocycles. The molecule has 2 aliphatic heterocycles. The van der Waals surface area contributed by atoms with E-state index in [1.165, 1.54) is 0 Å². The summed E-state index contributed by atoms with van der Waals surface area (Å²) in [6.07, 6.45) is -3.60. The highest BCUT2D eigenvalue weighted by molar-refractivity contribution is 7.99. The third kappa shape index (κ3) is 19.8. The number of benzene rings is 15. The Hall–Kier alpha value is -13.4. The zero-order chi connectivity index (χ0) is 80.0. The average Bonchev–Trinajstić information content (AvgIpc) is 0.713. The molecule has 15 aromatic rings. The van der Waals surface area contributed by atoms with Gasteiger partial charge in [0, 0.05) is 10.5 Å². The number of fused-ring (bicyclic) bond motifs is 2. The molecule has 6 atom stereocenters. The fourth-order valence-corrected chi connectivity index (χ4v) is 16.4. The van der Waals surface area contributed by atoms with Crippen molar-refractivity contribution in [2.45, 2.75) is 107 Å². The van der Waals surface area contributed by atoms with Crippen LogP contribution in [0.4, 0.5) is 0 Å². The zero-order valence-corrected chi connectivity index (χ0v) is 66.6. The fourth-order valence-electron chi connectivity index (χ4n) is 15.1. The van der Waals surface area contributed by atoms with E-state index >= 15 is 0 Å². The van der Waals surface area contributed by atoms with Gasteiger partial charge in [0.15, 0.2) is 58.2 Å². The van der Waals surface area contributed by atoms with E-state index in [1.54, 1.807) is 11.8 Å². The SMILES string of the molecule is c1ccc(COc2ccc([C@H]3Oc4c([C@@H]5c6c(ccc(OCc7ccccc7)c6OCc6ccccc6)O[C@H](c6ccc(OCc7ccccc7)c(OCc7ccccc7)c6)[C@H]5OCc5ccccc5)cc(OCc5ccccc5)c(OCc5ccccc5)c4[C@H](Sc4ccccc4)[C@@H]3OCc3ccccc3)cc2OCc2ccccc2)cc1. The molecule has 0 amide bonds. The molecule has 12 nitrogen and oxygen atoms in total. The Balaban J connectivity index is 0.945. The first kappa shape index (κ1) is 78.1. The second-order valence-corrected chi connectivity index (χ2v) is 30.6. The highest BCUT2D eigenvalue weighted by Crippen LogP contribution is 2.63. The summed E-state index contributed by atoms with van der Waals surface area (Å²) in [5.41, 5.74) is 13.2. The highest BCUT2D eigenvalue weighted by atomic mass is 32.2. The predicted molar refractivity (Wildman–Crippen MR) is 466 cm³/mol. The Labute approximate surface area is 700 Å². The van der Waals surface area contributed by atoms with Crippen LogP contribution in [0.5, 0.6) is 57.5 Å². The van der Waals surface area contributed by atoms with Gasteiger partial charge in [-0.05, 0) is 121 Å². The third-order valence-corrected chi connectivity index (χ3v) is 22.4. The van der Waals surface area contributed by atoms with Gasteiger partial charge < -0.3 is 56.8 Å². The van der Waals surface area contributed by atoms with Crippen molar-refractivity contribution >= 4 is 11.8 Å². The quantitative estimate of drug-likeness (QED) is 0.0376. The second-order valence-electron chi connectivity index (χ2n) is 29.4. The standard InChI is InChI=1S/C106H90O12S/c1-12-34-75(35-13-1)65-107-89-58-56-85(62-93(89)110-68-78-40-18-4-19-41-78)99-104(115-73-83-50-28-9-29-51-83)96(97-91(117-99)60-61-92(109-67-77-38-16-3-17-39-77)102(97)113-71-81-46-24-7-25-47-81)88-64-95(112-70-80-44-22-6-23-45-80)103(114-72-82-48-26-8-27-49-82)98-101(88)118-100(105(116-74-84-52-30-10-31-53-84)106(98)119-87-54-32-11-33-55-87)86-57-59-90(108-66-76-36-14-2-15-37-76)94(63-86)111-69-79-42-20-5-21-43-79/h1-64,96,99-100,104-106H,65-74H2/t96-,99-,100-,104+,105-,106+/m1/s1.